The summed E-state index contributed by atoms with van der Waals surface area (Å²) in [5, 5.41) is 3.94. The SMILES string of the molecule is CCc1ncnc(NC2CCCC(SC)C2)c1F. The smallest absolute Gasteiger partial charge is 0.186 e. The molecule has 2 atom stereocenters. The molecule has 0 spiro atoms. The van der Waals surface area contributed by atoms with Gasteiger partial charge in [-0.3, -0.25) is 0 Å². The quantitative estimate of drug-likeness (QED) is 0.910. The number of halogens is 1. The van der Waals surface area contributed by atoms with Crippen molar-refractivity contribution in [3.05, 3.63) is 17.8 Å². The fourth-order valence-electron chi connectivity index (χ4n) is 2.44. The largest absolute Gasteiger partial charge is 0.365 e. The molecule has 5 heteroatoms. The van der Waals surface area contributed by atoms with E-state index in [1.807, 2.05) is 18.7 Å². The van der Waals surface area contributed by atoms with Crippen LogP contribution >= 0.6 is 11.8 Å². The summed E-state index contributed by atoms with van der Waals surface area (Å²) in [6.45, 7) is 1.90. The lowest BCUT2D eigenvalue weighted by molar-refractivity contribution is 0.469. The molecule has 100 valence electrons. The van der Waals surface area contributed by atoms with Gasteiger partial charge in [0.15, 0.2) is 11.6 Å². The molecule has 0 aliphatic heterocycles. The predicted octanol–water partition coefficient (Wildman–Crippen LogP) is 3.26. The summed E-state index contributed by atoms with van der Waals surface area (Å²) in [6, 6.07) is 0.338. The van der Waals surface area contributed by atoms with Crippen molar-refractivity contribution in [3.8, 4) is 0 Å². The highest BCUT2D eigenvalue weighted by atomic mass is 32.2. The van der Waals surface area contributed by atoms with Gasteiger partial charge in [-0.15, -0.1) is 0 Å². The van der Waals surface area contributed by atoms with Gasteiger partial charge in [0.05, 0.1) is 5.69 Å². The lowest BCUT2D eigenvalue weighted by Gasteiger charge is -2.29. The Morgan fingerprint density at radius 3 is 3.00 bits per heavy atom. The van der Waals surface area contributed by atoms with Crippen LogP contribution in [-0.2, 0) is 6.42 Å². The van der Waals surface area contributed by atoms with Gasteiger partial charge in [-0.1, -0.05) is 13.3 Å². The first-order valence-electron chi connectivity index (χ1n) is 6.53. The van der Waals surface area contributed by atoms with Gasteiger partial charge in [-0.2, -0.15) is 11.8 Å². The second-order valence-electron chi connectivity index (χ2n) is 4.70. The topological polar surface area (TPSA) is 37.8 Å². The maximum atomic E-state index is 14.0. The Kier molecular flexibility index (Phi) is 4.80. The van der Waals surface area contributed by atoms with Gasteiger partial charge in [0.1, 0.15) is 6.33 Å². The van der Waals surface area contributed by atoms with Crippen molar-refractivity contribution in [1.29, 1.82) is 0 Å². The Balaban J connectivity index is 2.04. The van der Waals surface area contributed by atoms with Crippen molar-refractivity contribution >= 4 is 17.6 Å². The second kappa shape index (κ2) is 6.36. The van der Waals surface area contributed by atoms with Gasteiger partial charge in [0, 0.05) is 11.3 Å². The molecule has 1 heterocycles. The maximum absolute atomic E-state index is 14.0. The standard InChI is InChI=1S/C13H20FN3S/c1-3-11-12(14)13(16-8-15-11)17-9-5-4-6-10(7-9)18-2/h8-10H,3-7H2,1-2H3,(H,15,16,17). The number of anilines is 1. The first kappa shape index (κ1) is 13.6. The van der Waals surface area contributed by atoms with Crippen LogP contribution in [0.15, 0.2) is 6.33 Å². The zero-order chi connectivity index (χ0) is 13.0. The van der Waals surface area contributed by atoms with Crippen LogP contribution in [0.5, 0.6) is 0 Å². The third-order valence-electron chi connectivity index (χ3n) is 3.50. The predicted molar refractivity (Wildman–Crippen MR) is 74.5 cm³/mol. The fourth-order valence-corrected chi connectivity index (χ4v) is 3.26. The minimum absolute atomic E-state index is 0.286. The van der Waals surface area contributed by atoms with E-state index in [4.69, 9.17) is 0 Å². The van der Waals surface area contributed by atoms with Crippen molar-refractivity contribution in [2.45, 2.75) is 50.3 Å². The van der Waals surface area contributed by atoms with E-state index in [0.29, 0.717) is 29.2 Å². The summed E-state index contributed by atoms with van der Waals surface area (Å²) in [5.41, 5.74) is 0.490. The molecule has 3 nitrogen and oxygen atoms in total. The number of aromatic nitrogens is 2. The number of hydrogen-bond acceptors (Lipinski definition) is 4. The Morgan fingerprint density at radius 1 is 1.44 bits per heavy atom. The highest BCUT2D eigenvalue weighted by molar-refractivity contribution is 7.99. The molecule has 1 aromatic heterocycles. The molecular weight excluding hydrogens is 249 g/mol. The van der Waals surface area contributed by atoms with E-state index in [1.165, 1.54) is 19.2 Å². The zero-order valence-corrected chi connectivity index (χ0v) is 11.8. The molecule has 0 bridgehead atoms. The van der Waals surface area contributed by atoms with Crippen LogP contribution < -0.4 is 5.32 Å². The van der Waals surface area contributed by atoms with Crippen molar-refractivity contribution in [1.82, 2.24) is 9.97 Å². The number of nitrogens with one attached hydrogen (secondary N) is 1. The maximum Gasteiger partial charge on any atom is 0.186 e. The molecule has 1 aromatic rings. The number of hydrogen-bond donors (Lipinski definition) is 1. The lowest BCUT2D eigenvalue weighted by Crippen LogP contribution is -2.29. The minimum Gasteiger partial charge on any atom is -0.365 e. The summed E-state index contributed by atoms with van der Waals surface area (Å²) in [6.07, 6.45) is 8.85. The van der Waals surface area contributed by atoms with Crippen LogP contribution in [0.25, 0.3) is 0 Å². The van der Waals surface area contributed by atoms with E-state index in [2.05, 4.69) is 21.5 Å². The normalized spacial score (nSPS) is 23.9. The number of aryl methyl sites for hydroxylation is 1. The Hall–Kier alpha value is -0.840. The van der Waals surface area contributed by atoms with Gasteiger partial charge in [0.25, 0.3) is 0 Å². The van der Waals surface area contributed by atoms with Crippen LogP contribution in [0, 0.1) is 5.82 Å². The average molecular weight is 269 g/mol. The molecule has 0 saturated heterocycles. The molecule has 1 aliphatic carbocycles. The molecule has 1 N–H and O–H groups in total. The fraction of sp³-hybridized carbons (Fsp3) is 0.692. The lowest BCUT2D eigenvalue weighted by atomic mass is 9.95. The van der Waals surface area contributed by atoms with Crippen molar-refractivity contribution in [3.63, 3.8) is 0 Å². The van der Waals surface area contributed by atoms with Crippen molar-refractivity contribution < 1.29 is 4.39 Å². The molecular formula is C13H20FN3S. The van der Waals surface area contributed by atoms with Crippen LogP contribution in [0.4, 0.5) is 10.2 Å². The number of rotatable bonds is 4. The van der Waals surface area contributed by atoms with Crippen LogP contribution in [0.3, 0.4) is 0 Å². The molecule has 1 aliphatic rings. The van der Waals surface area contributed by atoms with Gasteiger partial charge in [0.2, 0.25) is 0 Å². The van der Waals surface area contributed by atoms with E-state index in [9.17, 15) is 4.39 Å². The van der Waals surface area contributed by atoms with Crippen LogP contribution in [0.2, 0.25) is 0 Å². The first-order valence-corrected chi connectivity index (χ1v) is 7.82. The highest BCUT2D eigenvalue weighted by Gasteiger charge is 2.22. The molecule has 2 rings (SSSR count). The van der Waals surface area contributed by atoms with Gasteiger partial charge in [-0.25, -0.2) is 14.4 Å². The Morgan fingerprint density at radius 2 is 2.28 bits per heavy atom. The first-order chi connectivity index (χ1) is 8.74. The van der Waals surface area contributed by atoms with Gasteiger partial charge < -0.3 is 5.32 Å². The van der Waals surface area contributed by atoms with Crippen LogP contribution in [0.1, 0.15) is 38.3 Å². The molecule has 2 unspecified atom stereocenters. The van der Waals surface area contributed by atoms with Gasteiger partial charge in [-0.05, 0) is 31.9 Å². The van der Waals surface area contributed by atoms with Crippen molar-refractivity contribution in [2.75, 3.05) is 11.6 Å². The summed E-state index contributed by atoms with van der Waals surface area (Å²) < 4.78 is 14.0. The Labute approximate surface area is 112 Å². The third-order valence-corrected chi connectivity index (χ3v) is 4.59. The van der Waals surface area contributed by atoms with E-state index >= 15 is 0 Å². The molecule has 1 saturated carbocycles. The van der Waals surface area contributed by atoms with E-state index in [1.54, 1.807) is 0 Å². The summed E-state index contributed by atoms with van der Waals surface area (Å²) in [4.78, 5) is 7.98. The summed E-state index contributed by atoms with van der Waals surface area (Å²) >= 11 is 1.91. The third kappa shape index (κ3) is 3.13. The molecule has 0 amide bonds. The monoisotopic (exact) mass is 269 g/mol. The molecule has 1 fully saturated rings. The van der Waals surface area contributed by atoms with Crippen molar-refractivity contribution in [2.24, 2.45) is 0 Å². The number of nitrogens with zero attached hydrogens (tertiary/aromatic N) is 2. The second-order valence-corrected chi connectivity index (χ2v) is 5.84. The molecule has 0 radical (unpaired) electrons. The molecule has 18 heavy (non-hydrogen) atoms. The van der Waals surface area contributed by atoms with E-state index in [-0.39, 0.29) is 5.82 Å². The molecule has 0 aromatic carbocycles. The van der Waals surface area contributed by atoms with E-state index in [0.717, 1.165) is 12.8 Å². The van der Waals surface area contributed by atoms with Gasteiger partial charge >= 0.3 is 0 Å². The number of thioether (sulfide) groups is 1. The van der Waals surface area contributed by atoms with E-state index < -0.39 is 0 Å². The summed E-state index contributed by atoms with van der Waals surface area (Å²) in [7, 11) is 0. The highest BCUT2D eigenvalue weighted by Crippen LogP contribution is 2.29. The zero-order valence-electron chi connectivity index (χ0n) is 10.9. The average Bonchev–Trinajstić information content (AvgIpc) is 2.41. The summed E-state index contributed by atoms with van der Waals surface area (Å²) in [5.74, 6) is 0.0832. The Bertz CT molecular complexity index is 400. The van der Waals surface area contributed by atoms with Crippen LogP contribution in [-0.4, -0.2) is 27.5 Å². The minimum atomic E-state index is -0.286.